The molecule has 0 atom stereocenters. The van der Waals surface area contributed by atoms with Crippen molar-refractivity contribution >= 4 is 45.9 Å². The quantitative estimate of drug-likeness (QED) is 0.312. The molecule has 1 saturated carbocycles. The Morgan fingerprint density at radius 1 is 1.45 bits per heavy atom. The maximum Gasteiger partial charge on any atom is 0.188 e. The summed E-state index contributed by atoms with van der Waals surface area (Å²) in [4.78, 5) is 4.47. The van der Waals surface area contributed by atoms with E-state index < -0.39 is 0 Å². The maximum absolute atomic E-state index is 5.86. The number of guanidine groups is 1. The van der Waals surface area contributed by atoms with Crippen LogP contribution in [0.5, 0.6) is 0 Å². The van der Waals surface area contributed by atoms with E-state index in [-0.39, 0.29) is 29.4 Å². The first-order chi connectivity index (χ1) is 9.03. The molecule has 0 unspecified atom stereocenters. The van der Waals surface area contributed by atoms with Crippen molar-refractivity contribution in [3.8, 4) is 0 Å². The fourth-order valence-corrected chi connectivity index (χ4v) is 2.79. The molecule has 3 nitrogen and oxygen atoms in total. The number of nitrogens with one attached hydrogen (secondary N) is 1. The van der Waals surface area contributed by atoms with Crippen LogP contribution in [0.3, 0.4) is 0 Å². The molecule has 1 aliphatic rings. The lowest BCUT2D eigenvalue weighted by molar-refractivity contribution is 0.698. The van der Waals surface area contributed by atoms with Gasteiger partial charge >= 0.3 is 0 Å². The fraction of sp³-hybridized carbons (Fsp3) is 0.400. The van der Waals surface area contributed by atoms with E-state index in [1.54, 1.807) is 0 Å². The Kier molecular flexibility index (Phi) is 6.51. The molecule has 1 fully saturated rings. The Balaban J connectivity index is 0.00000200. The molecule has 0 aromatic heterocycles. The molecule has 0 heterocycles. The van der Waals surface area contributed by atoms with E-state index in [1.165, 1.54) is 18.4 Å². The predicted molar refractivity (Wildman–Crippen MR) is 99.8 cm³/mol. The smallest absolute Gasteiger partial charge is 0.188 e. The number of halogens is 2. The highest BCUT2D eigenvalue weighted by Gasteiger charge is 2.45. The van der Waals surface area contributed by atoms with Gasteiger partial charge in [0.15, 0.2) is 5.96 Å². The third-order valence-electron chi connectivity index (χ3n) is 3.42. The molecule has 0 bridgehead atoms. The van der Waals surface area contributed by atoms with Gasteiger partial charge in [-0.05, 0) is 31.4 Å². The zero-order valence-electron chi connectivity index (χ0n) is 11.7. The molecular weight excluding hydrogens is 429 g/mol. The first-order valence-electron chi connectivity index (χ1n) is 6.47. The van der Waals surface area contributed by atoms with E-state index in [9.17, 15) is 0 Å². The van der Waals surface area contributed by atoms with Crippen molar-refractivity contribution in [3.63, 3.8) is 0 Å². The first-order valence-corrected chi connectivity index (χ1v) is 7.26. The summed E-state index contributed by atoms with van der Waals surface area (Å²) in [7, 11) is 0. The highest BCUT2D eigenvalue weighted by atomic mass is 127. The van der Waals surface area contributed by atoms with Crippen LogP contribution in [-0.2, 0) is 5.41 Å². The number of aliphatic imine (C=N–C) groups is 1. The molecule has 1 aromatic rings. The van der Waals surface area contributed by atoms with Crippen LogP contribution in [0.15, 0.2) is 45.9 Å². The van der Waals surface area contributed by atoms with Gasteiger partial charge in [0.2, 0.25) is 0 Å². The summed E-state index contributed by atoms with van der Waals surface area (Å²) in [5.41, 5.74) is 8.42. The molecule has 0 saturated heterocycles. The highest BCUT2D eigenvalue weighted by molar-refractivity contribution is 14.0. The minimum Gasteiger partial charge on any atom is -0.370 e. The molecule has 0 aliphatic heterocycles. The zero-order chi connectivity index (χ0) is 13.9. The molecule has 0 radical (unpaired) electrons. The zero-order valence-corrected chi connectivity index (χ0v) is 15.6. The topological polar surface area (TPSA) is 50.4 Å². The summed E-state index contributed by atoms with van der Waals surface area (Å²) in [6.45, 7) is 7.21. The van der Waals surface area contributed by atoms with Crippen molar-refractivity contribution in [2.24, 2.45) is 10.7 Å². The molecule has 0 amide bonds. The summed E-state index contributed by atoms with van der Waals surface area (Å²) >= 11 is 3.62. The van der Waals surface area contributed by atoms with Crippen LogP contribution in [0.4, 0.5) is 0 Å². The van der Waals surface area contributed by atoms with E-state index >= 15 is 0 Å². The maximum atomic E-state index is 5.86. The molecule has 1 aromatic carbocycles. The summed E-state index contributed by atoms with van der Waals surface area (Å²) in [5.74, 6) is 0.501. The van der Waals surface area contributed by atoms with Gasteiger partial charge in [-0.2, -0.15) is 0 Å². The second kappa shape index (κ2) is 7.45. The number of hydrogen-bond donors (Lipinski definition) is 2. The standard InChI is InChI=1S/C15H20BrN3.HI/c1-11(2)9-18-14(17)19-10-15(7-8-15)12-5-3-4-6-13(12)16;/h3-6H,1,7-10H2,2H3,(H3,17,18,19);1H. The molecule has 5 heteroatoms. The van der Waals surface area contributed by atoms with E-state index in [2.05, 4.69) is 51.0 Å². The second-order valence-electron chi connectivity index (χ2n) is 5.27. The van der Waals surface area contributed by atoms with Crippen molar-refractivity contribution in [3.05, 3.63) is 46.5 Å². The Bertz CT molecular complexity index is 510. The van der Waals surface area contributed by atoms with Gasteiger partial charge < -0.3 is 11.1 Å². The SMILES string of the molecule is C=C(C)CNC(N)=NCC1(c2ccccc2Br)CC1.I. The van der Waals surface area contributed by atoms with Crippen molar-refractivity contribution in [1.29, 1.82) is 0 Å². The minimum absolute atomic E-state index is 0. The molecule has 3 N–H and O–H groups in total. The fourth-order valence-electron chi connectivity index (χ4n) is 2.09. The average molecular weight is 450 g/mol. The van der Waals surface area contributed by atoms with E-state index in [1.807, 2.05) is 13.0 Å². The summed E-state index contributed by atoms with van der Waals surface area (Å²) < 4.78 is 1.16. The molecular formula is C15H21BrIN3. The lowest BCUT2D eigenvalue weighted by atomic mass is 9.96. The summed E-state index contributed by atoms with van der Waals surface area (Å²) in [5, 5.41) is 3.07. The Morgan fingerprint density at radius 2 is 2.10 bits per heavy atom. The van der Waals surface area contributed by atoms with Gasteiger partial charge in [-0.1, -0.05) is 46.3 Å². The monoisotopic (exact) mass is 449 g/mol. The lowest BCUT2D eigenvalue weighted by Gasteiger charge is -2.15. The van der Waals surface area contributed by atoms with Gasteiger partial charge in [0, 0.05) is 16.4 Å². The summed E-state index contributed by atoms with van der Waals surface area (Å²) in [6.07, 6.45) is 2.35. The van der Waals surface area contributed by atoms with Gasteiger partial charge in [-0.3, -0.25) is 4.99 Å². The van der Waals surface area contributed by atoms with Crippen LogP contribution in [-0.4, -0.2) is 19.0 Å². The van der Waals surface area contributed by atoms with Gasteiger partial charge in [0.25, 0.3) is 0 Å². The van der Waals surface area contributed by atoms with Crippen LogP contribution in [0.2, 0.25) is 0 Å². The molecule has 110 valence electrons. The number of nitrogens with two attached hydrogens (primary N) is 1. The van der Waals surface area contributed by atoms with E-state index in [0.29, 0.717) is 12.5 Å². The van der Waals surface area contributed by atoms with Gasteiger partial charge in [-0.15, -0.1) is 24.0 Å². The molecule has 20 heavy (non-hydrogen) atoms. The van der Waals surface area contributed by atoms with E-state index in [0.717, 1.165) is 16.6 Å². The van der Waals surface area contributed by atoms with Gasteiger partial charge in [0.05, 0.1) is 6.54 Å². The molecule has 0 spiro atoms. The normalized spacial score (nSPS) is 16.2. The van der Waals surface area contributed by atoms with Crippen LogP contribution in [0.1, 0.15) is 25.3 Å². The van der Waals surface area contributed by atoms with Crippen LogP contribution in [0.25, 0.3) is 0 Å². The number of rotatable bonds is 5. The Hall–Kier alpha value is -0.560. The number of benzene rings is 1. The molecule has 1 aliphatic carbocycles. The summed E-state index contributed by atoms with van der Waals surface area (Å²) in [6, 6.07) is 8.37. The molecule has 2 rings (SSSR count). The van der Waals surface area contributed by atoms with Crippen LogP contribution in [0, 0.1) is 0 Å². The van der Waals surface area contributed by atoms with Crippen LogP contribution < -0.4 is 11.1 Å². The van der Waals surface area contributed by atoms with Crippen molar-refractivity contribution in [1.82, 2.24) is 5.32 Å². The minimum atomic E-state index is 0. The third-order valence-corrected chi connectivity index (χ3v) is 4.11. The number of nitrogens with zero attached hydrogens (tertiary/aromatic N) is 1. The van der Waals surface area contributed by atoms with Crippen molar-refractivity contribution in [2.45, 2.75) is 25.2 Å². The van der Waals surface area contributed by atoms with Gasteiger partial charge in [0.1, 0.15) is 0 Å². The van der Waals surface area contributed by atoms with Crippen molar-refractivity contribution in [2.75, 3.05) is 13.1 Å². The predicted octanol–water partition coefficient (Wildman–Crippen LogP) is 3.58. The Labute approximate surface area is 146 Å². The van der Waals surface area contributed by atoms with Gasteiger partial charge in [-0.25, -0.2) is 0 Å². The second-order valence-corrected chi connectivity index (χ2v) is 6.13. The Morgan fingerprint density at radius 3 is 2.65 bits per heavy atom. The van der Waals surface area contributed by atoms with Crippen molar-refractivity contribution < 1.29 is 0 Å². The number of hydrogen-bond acceptors (Lipinski definition) is 1. The third kappa shape index (κ3) is 4.48. The lowest BCUT2D eigenvalue weighted by Crippen LogP contribution is -2.33. The van der Waals surface area contributed by atoms with E-state index in [4.69, 9.17) is 5.73 Å². The highest BCUT2D eigenvalue weighted by Crippen LogP contribution is 2.50. The first kappa shape index (κ1) is 17.5. The average Bonchev–Trinajstić information content (AvgIpc) is 3.15. The largest absolute Gasteiger partial charge is 0.370 e. The van der Waals surface area contributed by atoms with Crippen LogP contribution >= 0.6 is 39.9 Å².